The molecule has 0 fully saturated rings. The molecule has 0 unspecified atom stereocenters. The van der Waals surface area contributed by atoms with Gasteiger partial charge >= 0.3 is 0 Å². The first-order chi connectivity index (χ1) is 8.49. The van der Waals surface area contributed by atoms with Gasteiger partial charge in [-0.15, -0.1) is 0 Å². The van der Waals surface area contributed by atoms with Gasteiger partial charge in [0, 0.05) is 20.1 Å². The van der Waals surface area contributed by atoms with E-state index >= 15 is 0 Å². The minimum Gasteiger partial charge on any atom is -0.359 e. The molecule has 96 valence electrons. The zero-order chi connectivity index (χ0) is 13.6. The fraction of sp³-hybridized carbons (Fsp3) is 0.429. The van der Waals surface area contributed by atoms with Crippen molar-refractivity contribution in [2.75, 3.05) is 13.6 Å². The lowest BCUT2D eigenvalue weighted by atomic mass is 9.92. The van der Waals surface area contributed by atoms with Gasteiger partial charge in [-0.3, -0.25) is 4.79 Å². The molecule has 0 aliphatic carbocycles. The number of rotatable bonds is 5. The lowest BCUT2D eigenvalue weighted by molar-refractivity contribution is -0.128. The normalized spacial score (nSPS) is 10.8. The maximum Gasteiger partial charge on any atom is 0.226 e. The van der Waals surface area contributed by atoms with Crippen LogP contribution in [0.25, 0.3) is 0 Å². The van der Waals surface area contributed by atoms with Crippen molar-refractivity contribution in [2.24, 2.45) is 5.41 Å². The standard InChI is InChI=1S/C14H19N3O/c1-14(2,13(18)16-3)10-17-9-12-6-4-11(8-15)5-7-12/h4-7,17H,9-10H2,1-3H3,(H,16,18). The third kappa shape index (κ3) is 3.86. The average molecular weight is 245 g/mol. The second kappa shape index (κ2) is 6.18. The number of hydrogen-bond acceptors (Lipinski definition) is 3. The zero-order valence-corrected chi connectivity index (χ0v) is 11.1. The van der Waals surface area contributed by atoms with Gasteiger partial charge in [-0.25, -0.2) is 0 Å². The van der Waals surface area contributed by atoms with Crippen molar-refractivity contribution >= 4 is 5.91 Å². The van der Waals surface area contributed by atoms with Crippen LogP contribution in [0.2, 0.25) is 0 Å². The molecule has 4 nitrogen and oxygen atoms in total. The van der Waals surface area contributed by atoms with Gasteiger partial charge in [-0.05, 0) is 31.5 Å². The van der Waals surface area contributed by atoms with Crippen molar-refractivity contribution in [1.82, 2.24) is 10.6 Å². The van der Waals surface area contributed by atoms with Crippen LogP contribution in [0.4, 0.5) is 0 Å². The van der Waals surface area contributed by atoms with Crippen LogP contribution in [0, 0.1) is 16.7 Å². The SMILES string of the molecule is CNC(=O)C(C)(C)CNCc1ccc(C#N)cc1. The Morgan fingerprint density at radius 3 is 2.44 bits per heavy atom. The summed E-state index contributed by atoms with van der Waals surface area (Å²) in [5, 5.41) is 14.6. The molecule has 1 rings (SSSR count). The van der Waals surface area contributed by atoms with Crippen LogP contribution in [0.1, 0.15) is 25.0 Å². The quantitative estimate of drug-likeness (QED) is 0.824. The predicted molar refractivity (Wildman–Crippen MR) is 70.7 cm³/mol. The zero-order valence-electron chi connectivity index (χ0n) is 11.1. The van der Waals surface area contributed by atoms with E-state index in [-0.39, 0.29) is 5.91 Å². The maximum absolute atomic E-state index is 11.6. The molecule has 1 aromatic rings. The van der Waals surface area contributed by atoms with Crippen LogP contribution in [-0.2, 0) is 11.3 Å². The fourth-order valence-corrected chi connectivity index (χ4v) is 1.64. The number of nitrogens with one attached hydrogen (secondary N) is 2. The highest BCUT2D eigenvalue weighted by molar-refractivity contribution is 5.81. The van der Waals surface area contributed by atoms with Gasteiger partial charge in [0.2, 0.25) is 5.91 Å². The van der Waals surface area contributed by atoms with E-state index in [0.29, 0.717) is 18.7 Å². The molecule has 2 N–H and O–H groups in total. The van der Waals surface area contributed by atoms with E-state index in [1.54, 1.807) is 19.2 Å². The summed E-state index contributed by atoms with van der Waals surface area (Å²) < 4.78 is 0. The third-order valence-corrected chi connectivity index (χ3v) is 2.82. The molecule has 18 heavy (non-hydrogen) atoms. The van der Waals surface area contributed by atoms with E-state index in [0.717, 1.165) is 5.56 Å². The van der Waals surface area contributed by atoms with E-state index in [1.807, 2.05) is 26.0 Å². The molecule has 0 spiro atoms. The molecule has 0 saturated carbocycles. The first-order valence-corrected chi connectivity index (χ1v) is 5.91. The molecular weight excluding hydrogens is 226 g/mol. The van der Waals surface area contributed by atoms with Gasteiger partial charge in [0.1, 0.15) is 0 Å². The number of carbonyl (C=O) groups excluding carboxylic acids is 1. The lowest BCUT2D eigenvalue weighted by Crippen LogP contribution is -2.41. The van der Waals surface area contributed by atoms with E-state index in [2.05, 4.69) is 16.7 Å². The van der Waals surface area contributed by atoms with Crippen LogP contribution in [0.5, 0.6) is 0 Å². The van der Waals surface area contributed by atoms with Gasteiger partial charge < -0.3 is 10.6 Å². The summed E-state index contributed by atoms with van der Waals surface area (Å²) in [6, 6.07) is 9.50. The summed E-state index contributed by atoms with van der Waals surface area (Å²) in [5.41, 5.74) is 1.33. The highest BCUT2D eigenvalue weighted by atomic mass is 16.2. The highest BCUT2D eigenvalue weighted by Gasteiger charge is 2.25. The summed E-state index contributed by atoms with van der Waals surface area (Å²) in [5.74, 6) is 0.0230. The van der Waals surface area contributed by atoms with Crippen molar-refractivity contribution in [3.63, 3.8) is 0 Å². The summed E-state index contributed by atoms with van der Waals surface area (Å²) >= 11 is 0. The molecule has 0 aromatic heterocycles. The van der Waals surface area contributed by atoms with Gasteiger partial charge in [0.05, 0.1) is 17.0 Å². The van der Waals surface area contributed by atoms with Gasteiger partial charge in [0.25, 0.3) is 0 Å². The molecule has 0 bridgehead atoms. The minimum atomic E-state index is -0.429. The third-order valence-electron chi connectivity index (χ3n) is 2.82. The fourth-order valence-electron chi connectivity index (χ4n) is 1.64. The van der Waals surface area contributed by atoms with Crippen LogP contribution in [0.15, 0.2) is 24.3 Å². The Kier molecular flexibility index (Phi) is 4.87. The summed E-state index contributed by atoms with van der Waals surface area (Å²) in [6.45, 7) is 5.09. The number of benzene rings is 1. The number of carbonyl (C=O) groups is 1. The monoisotopic (exact) mass is 245 g/mol. The second-order valence-corrected chi connectivity index (χ2v) is 4.88. The minimum absolute atomic E-state index is 0.0230. The van der Waals surface area contributed by atoms with Crippen molar-refractivity contribution in [1.29, 1.82) is 5.26 Å². The largest absolute Gasteiger partial charge is 0.359 e. The van der Waals surface area contributed by atoms with E-state index < -0.39 is 5.41 Å². The first kappa shape index (κ1) is 14.2. The number of nitriles is 1. The molecule has 0 aliphatic heterocycles. The van der Waals surface area contributed by atoms with Gasteiger partial charge in [-0.1, -0.05) is 12.1 Å². The smallest absolute Gasteiger partial charge is 0.226 e. The molecule has 4 heteroatoms. The highest BCUT2D eigenvalue weighted by Crippen LogP contribution is 2.13. The molecule has 0 saturated heterocycles. The number of amides is 1. The molecule has 0 radical (unpaired) electrons. The van der Waals surface area contributed by atoms with Crippen molar-refractivity contribution in [2.45, 2.75) is 20.4 Å². The Bertz CT molecular complexity index is 443. The second-order valence-electron chi connectivity index (χ2n) is 4.88. The van der Waals surface area contributed by atoms with Gasteiger partial charge in [0.15, 0.2) is 0 Å². The number of nitrogens with zero attached hydrogens (tertiary/aromatic N) is 1. The molecule has 1 aromatic carbocycles. The molecular formula is C14H19N3O. The summed E-state index contributed by atoms with van der Waals surface area (Å²) in [7, 11) is 1.64. The van der Waals surface area contributed by atoms with Crippen molar-refractivity contribution in [3.8, 4) is 6.07 Å². The first-order valence-electron chi connectivity index (χ1n) is 5.91. The Morgan fingerprint density at radius 2 is 1.94 bits per heavy atom. The topological polar surface area (TPSA) is 64.9 Å². The molecule has 0 heterocycles. The molecule has 1 amide bonds. The Balaban J connectivity index is 2.46. The van der Waals surface area contributed by atoms with Crippen molar-refractivity contribution in [3.05, 3.63) is 35.4 Å². The Labute approximate surface area is 108 Å². The van der Waals surface area contributed by atoms with Crippen LogP contribution >= 0.6 is 0 Å². The van der Waals surface area contributed by atoms with Crippen LogP contribution in [0.3, 0.4) is 0 Å². The molecule has 0 aliphatic rings. The summed E-state index contributed by atoms with van der Waals surface area (Å²) in [6.07, 6.45) is 0. The Morgan fingerprint density at radius 1 is 1.33 bits per heavy atom. The van der Waals surface area contributed by atoms with Crippen molar-refractivity contribution < 1.29 is 4.79 Å². The Hall–Kier alpha value is -1.86. The summed E-state index contributed by atoms with van der Waals surface area (Å²) in [4.78, 5) is 11.6. The van der Waals surface area contributed by atoms with E-state index in [4.69, 9.17) is 5.26 Å². The average Bonchev–Trinajstić information content (AvgIpc) is 2.38. The number of hydrogen-bond donors (Lipinski definition) is 2. The lowest BCUT2D eigenvalue weighted by Gasteiger charge is -2.22. The van der Waals surface area contributed by atoms with Crippen LogP contribution < -0.4 is 10.6 Å². The molecule has 0 atom stereocenters. The van der Waals surface area contributed by atoms with E-state index in [1.165, 1.54) is 0 Å². The van der Waals surface area contributed by atoms with Crippen LogP contribution in [-0.4, -0.2) is 19.5 Å². The van der Waals surface area contributed by atoms with Gasteiger partial charge in [-0.2, -0.15) is 5.26 Å². The maximum atomic E-state index is 11.6. The van der Waals surface area contributed by atoms with E-state index in [9.17, 15) is 4.79 Å². The predicted octanol–water partition coefficient (Wildman–Crippen LogP) is 1.42.